The Morgan fingerprint density at radius 1 is 1.00 bits per heavy atom. The standard InChI is InChI=1S/C16H22N2O2S/c1-14-4-6-16(7-5-14)21(19,20)18-12-8-15(9-13-18)17-10-2-3-11-17/h4-8H,2-3,9-13H2,1H3. The van der Waals surface area contributed by atoms with Crippen molar-refractivity contribution in [2.45, 2.75) is 31.1 Å². The molecule has 21 heavy (non-hydrogen) atoms. The molecule has 5 heteroatoms. The highest BCUT2D eigenvalue weighted by atomic mass is 32.2. The summed E-state index contributed by atoms with van der Waals surface area (Å²) in [6.07, 6.45) is 5.41. The molecule has 0 atom stereocenters. The van der Waals surface area contributed by atoms with Crippen molar-refractivity contribution in [1.29, 1.82) is 0 Å². The molecular formula is C16H22N2O2S. The van der Waals surface area contributed by atoms with E-state index in [1.54, 1.807) is 16.4 Å². The van der Waals surface area contributed by atoms with Crippen molar-refractivity contribution in [1.82, 2.24) is 9.21 Å². The van der Waals surface area contributed by atoms with Crippen LogP contribution >= 0.6 is 0 Å². The summed E-state index contributed by atoms with van der Waals surface area (Å²) in [5, 5.41) is 0. The third-order valence-electron chi connectivity index (χ3n) is 4.32. The normalized spacial score (nSPS) is 20.6. The van der Waals surface area contributed by atoms with Crippen LogP contribution < -0.4 is 0 Å². The highest BCUT2D eigenvalue weighted by molar-refractivity contribution is 7.89. The van der Waals surface area contributed by atoms with E-state index in [0.29, 0.717) is 18.0 Å². The van der Waals surface area contributed by atoms with E-state index in [9.17, 15) is 8.42 Å². The van der Waals surface area contributed by atoms with Gasteiger partial charge in [-0.2, -0.15) is 4.31 Å². The number of benzene rings is 1. The first-order valence-corrected chi connectivity index (χ1v) is 9.02. The SMILES string of the molecule is Cc1ccc(S(=O)(=O)N2CC=C(N3CCCC3)CC2)cc1. The van der Waals surface area contributed by atoms with E-state index in [0.717, 1.165) is 25.1 Å². The molecule has 0 amide bonds. The summed E-state index contributed by atoms with van der Waals surface area (Å²) >= 11 is 0. The van der Waals surface area contributed by atoms with E-state index in [2.05, 4.69) is 11.0 Å². The Morgan fingerprint density at radius 2 is 1.67 bits per heavy atom. The first-order valence-electron chi connectivity index (χ1n) is 7.58. The lowest BCUT2D eigenvalue weighted by Crippen LogP contribution is -2.37. The lowest BCUT2D eigenvalue weighted by molar-refractivity contribution is 0.355. The lowest BCUT2D eigenvalue weighted by Gasteiger charge is -2.30. The van der Waals surface area contributed by atoms with Crippen molar-refractivity contribution in [2.75, 3.05) is 26.2 Å². The fourth-order valence-electron chi connectivity index (χ4n) is 3.01. The average molecular weight is 306 g/mol. The molecule has 114 valence electrons. The first-order chi connectivity index (χ1) is 10.1. The summed E-state index contributed by atoms with van der Waals surface area (Å²) in [7, 11) is -3.36. The van der Waals surface area contributed by atoms with E-state index in [1.807, 2.05) is 19.1 Å². The Kier molecular flexibility index (Phi) is 4.04. The van der Waals surface area contributed by atoms with Crippen LogP contribution in [0.1, 0.15) is 24.8 Å². The van der Waals surface area contributed by atoms with Crippen LogP contribution in [0.25, 0.3) is 0 Å². The van der Waals surface area contributed by atoms with E-state index < -0.39 is 10.0 Å². The molecule has 0 bridgehead atoms. The monoisotopic (exact) mass is 306 g/mol. The minimum absolute atomic E-state index is 0.395. The number of sulfonamides is 1. The zero-order chi connectivity index (χ0) is 14.9. The van der Waals surface area contributed by atoms with Crippen molar-refractivity contribution < 1.29 is 8.42 Å². The maximum atomic E-state index is 12.6. The van der Waals surface area contributed by atoms with Gasteiger partial charge in [0.1, 0.15) is 0 Å². The zero-order valence-corrected chi connectivity index (χ0v) is 13.3. The van der Waals surface area contributed by atoms with Gasteiger partial charge >= 0.3 is 0 Å². The van der Waals surface area contributed by atoms with Crippen molar-refractivity contribution in [3.63, 3.8) is 0 Å². The molecule has 2 aliphatic heterocycles. The topological polar surface area (TPSA) is 40.6 Å². The second kappa shape index (κ2) is 5.81. The number of nitrogens with zero attached hydrogens (tertiary/aromatic N) is 2. The van der Waals surface area contributed by atoms with E-state index in [-0.39, 0.29) is 0 Å². The van der Waals surface area contributed by atoms with Crippen LogP contribution in [0.5, 0.6) is 0 Å². The van der Waals surface area contributed by atoms with Crippen molar-refractivity contribution in [3.05, 3.63) is 41.6 Å². The van der Waals surface area contributed by atoms with Gasteiger partial charge in [0.25, 0.3) is 0 Å². The predicted octanol–water partition coefficient (Wildman–Crippen LogP) is 2.37. The van der Waals surface area contributed by atoms with Crippen LogP contribution in [0.3, 0.4) is 0 Å². The Hall–Kier alpha value is -1.33. The molecule has 0 saturated carbocycles. The summed E-state index contributed by atoms with van der Waals surface area (Å²) in [4.78, 5) is 2.79. The van der Waals surface area contributed by atoms with E-state index in [1.165, 1.54) is 18.5 Å². The highest BCUT2D eigenvalue weighted by Crippen LogP contribution is 2.24. The third-order valence-corrected chi connectivity index (χ3v) is 6.20. The van der Waals surface area contributed by atoms with Gasteiger partial charge < -0.3 is 4.90 Å². The van der Waals surface area contributed by atoms with Crippen molar-refractivity contribution in [3.8, 4) is 0 Å². The lowest BCUT2D eigenvalue weighted by atomic mass is 10.2. The molecule has 4 nitrogen and oxygen atoms in total. The number of likely N-dealkylation sites (tertiary alicyclic amines) is 1. The van der Waals surface area contributed by atoms with Crippen LogP contribution in [-0.2, 0) is 10.0 Å². The zero-order valence-electron chi connectivity index (χ0n) is 12.5. The number of hydrogen-bond acceptors (Lipinski definition) is 3. The molecule has 0 radical (unpaired) electrons. The van der Waals surface area contributed by atoms with E-state index >= 15 is 0 Å². The Morgan fingerprint density at radius 3 is 2.24 bits per heavy atom. The molecule has 0 unspecified atom stereocenters. The average Bonchev–Trinajstić information content (AvgIpc) is 3.02. The maximum absolute atomic E-state index is 12.6. The predicted molar refractivity (Wildman–Crippen MR) is 83.4 cm³/mol. The molecular weight excluding hydrogens is 284 g/mol. The highest BCUT2D eigenvalue weighted by Gasteiger charge is 2.27. The molecule has 3 rings (SSSR count). The minimum Gasteiger partial charge on any atom is -0.375 e. The summed E-state index contributed by atoms with van der Waals surface area (Å²) in [6.45, 7) is 5.27. The Labute approximate surface area is 127 Å². The summed E-state index contributed by atoms with van der Waals surface area (Å²) in [5.74, 6) is 0. The van der Waals surface area contributed by atoms with Gasteiger partial charge in [0.15, 0.2) is 0 Å². The summed E-state index contributed by atoms with van der Waals surface area (Å²) in [5.41, 5.74) is 2.40. The summed E-state index contributed by atoms with van der Waals surface area (Å²) in [6, 6.07) is 7.10. The number of hydrogen-bond donors (Lipinski definition) is 0. The second-order valence-electron chi connectivity index (χ2n) is 5.82. The van der Waals surface area contributed by atoms with Gasteiger partial charge in [-0.1, -0.05) is 23.8 Å². The molecule has 2 heterocycles. The van der Waals surface area contributed by atoms with Crippen LogP contribution in [0, 0.1) is 6.92 Å². The molecule has 1 aromatic rings. The molecule has 0 aliphatic carbocycles. The van der Waals surface area contributed by atoms with Crippen LogP contribution in [-0.4, -0.2) is 43.8 Å². The molecule has 0 N–H and O–H groups in total. The van der Waals surface area contributed by atoms with Gasteiger partial charge in [0, 0.05) is 38.3 Å². The fourth-order valence-corrected chi connectivity index (χ4v) is 4.39. The third kappa shape index (κ3) is 2.99. The number of aryl methyl sites for hydroxylation is 1. The van der Waals surface area contributed by atoms with Crippen LogP contribution in [0.2, 0.25) is 0 Å². The van der Waals surface area contributed by atoms with Crippen molar-refractivity contribution in [2.24, 2.45) is 0 Å². The smallest absolute Gasteiger partial charge is 0.243 e. The molecule has 1 saturated heterocycles. The van der Waals surface area contributed by atoms with Crippen LogP contribution in [0.15, 0.2) is 40.9 Å². The van der Waals surface area contributed by atoms with Gasteiger partial charge in [0.05, 0.1) is 4.90 Å². The van der Waals surface area contributed by atoms with Gasteiger partial charge in [0.2, 0.25) is 10.0 Å². The van der Waals surface area contributed by atoms with Crippen molar-refractivity contribution >= 4 is 10.0 Å². The van der Waals surface area contributed by atoms with Gasteiger partial charge in [-0.25, -0.2) is 8.42 Å². The minimum atomic E-state index is -3.36. The molecule has 2 aliphatic rings. The Balaban J connectivity index is 1.74. The quantitative estimate of drug-likeness (QED) is 0.861. The largest absolute Gasteiger partial charge is 0.375 e. The van der Waals surface area contributed by atoms with E-state index in [4.69, 9.17) is 0 Å². The molecule has 1 fully saturated rings. The number of rotatable bonds is 3. The van der Waals surface area contributed by atoms with Gasteiger partial charge in [-0.3, -0.25) is 0 Å². The first kappa shape index (κ1) is 14.6. The molecule has 0 aromatic heterocycles. The van der Waals surface area contributed by atoms with Crippen LogP contribution in [0.4, 0.5) is 0 Å². The van der Waals surface area contributed by atoms with Gasteiger partial charge in [-0.05, 0) is 31.9 Å². The molecule has 1 aromatic carbocycles. The molecule has 0 spiro atoms. The second-order valence-corrected chi connectivity index (χ2v) is 7.75. The summed E-state index contributed by atoms with van der Waals surface area (Å²) < 4.78 is 26.8. The fraction of sp³-hybridized carbons (Fsp3) is 0.500. The van der Waals surface area contributed by atoms with Gasteiger partial charge in [-0.15, -0.1) is 0 Å². The Bertz CT molecular complexity index is 629. The maximum Gasteiger partial charge on any atom is 0.243 e.